The van der Waals surface area contributed by atoms with E-state index in [4.69, 9.17) is 0 Å². The lowest BCUT2D eigenvalue weighted by atomic mass is 10.1. The molecule has 2 aromatic heterocycles. The lowest BCUT2D eigenvalue weighted by molar-refractivity contribution is 0.626. The summed E-state index contributed by atoms with van der Waals surface area (Å²) in [7, 11) is 0. The van der Waals surface area contributed by atoms with Crippen LogP contribution in [0.2, 0.25) is 0 Å². The molecule has 0 saturated heterocycles. The molecule has 4 aromatic rings. The topological polar surface area (TPSA) is 30.7 Å². The second-order valence-corrected chi connectivity index (χ2v) is 7.87. The molecule has 0 aliphatic heterocycles. The summed E-state index contributed by atoms with van der Waals surface area (Å²) < 4.78 is 16.5. The number of benzene rings is 2. The summed E-state index contributed by atoms with van der Waals surface area (Å²) in [5.41, 5.74) is 2.21. The van der Waals surface area contributed by atoms with Gasteiger partial charge in [-0.2, -0.15) is 0 Å². The molecule has 0 amide bonds. The van der Waals surface area contributed by atoms with Crippen molar-refractivity contribution >= 4 is 33.2 Å². The van der Waals surface area contributed by atoms with E-state index in [2.05, 4.69) is 51.3 Å². The Hall–Kier alpha value is -2.18. The van der Waals surface area contributed by atoms with Crippen LogP contribution in [0.1, 0.15) is 18.9 Å². The predicted molar refractivity (Wildman–Crippen MR) is 107 cm³/mol. The Labute approximate surface area is 159 Å². The van der Waals surface area contributed by atoms with Gasteiger partial charge in [-0.3, -0.25) is 0 Å². The van der Waals surface area contributed by atoms with Crippen molar-refractivity contribution in [3.05, 3.63) is 65.3 Å². The van der Waals surface area contributed by atoms with Crippen LogP contribution in [0.3, 0.4) is 0 Å². The van der Waals surface area contributed by atoms with E-state index >= 15 is 0 Å². The quantitative estimate of drug-likeness (QED) is 0.383. The zero-order chi connectivity index (χ0) is 17.9. The van der Waals surface area contributed by atoms with Gasteiger partial charge in [-0.05, 0) is 30.2 Å². The maximum atomic E-state index is 13.1. The molecule has 0 aliphatic rings. The molecule has 0 aliphatic carbocycles. The van der Waals surface area contributed by atoms with Crippen molar-refractivity contribution in [1.82, 2.24) is 14.8 Å². The Morgan fingerprint density at radius 2 is 1.88 bits per heavy atom. The van der Waals surface area contributed by atoms with Crippen LogP contribution in [0.15, 0.2) is 59.1 Å². The average molecular weight is 384 g/mol. The zero-order valence-corrected chi connectivity index (χ0v) is 16.0. The van der Waals surface area contributed by atoms with E-state index in [1.165, 1.54) is 22.2 Å². The second kappa shape index (κ2) is 7.60. The fourth-order valence-corrected chi connectivity index (χ4v) is 4.76. The molecule has 26 heavy (non-hydrogen) atoms. The summed E-state index contributed by atoms with van der Waals surface area (Å²) in [6.07, 6.45) is 1.01. The minimum absolute atomic E-state index is 0.209. The maximum Gasteiger partial charge on any atom is 0.191 e. The average Bonchev–Trinajstić information content (AvgIpc) is 3.25. The Balaban J connectivity index is 1.65. The third-order valence-corrected chi connectivity index (χ3v) is 6.17. The first kappa shape index (κ1) is 17.2. The zero-order valence-electron chi connectivity index (χ0n) is 14.4. The van der Waals surface area contributed by atoms with Crippen molar-refractivity contribution in [2.45, 2.75) is 30.8 Å². The highest BCUT2D eigenvalue weighted by atomic mass is 32.2. The number of rotatable bonds is 6. The van der Waals surface area contributed by atoms with E-state index in [0.29, 0.717) is 0 Å². The van der Waals surface area contributed by atoms with Gasteiger partial charge in [0.05, 0.1) is 0 Å². The van der Waals surface area contributed by atoms with Crippen LogP contribution in [-0.4, -0.2) is 14.8 Å². The van der Waals surface area contributed by atoms with Crippen molar-refractivity contribution in [3.63, 3.8) is 0 Å². The Morgan fingerprint density at radius 3 is 2.69 bits per heavy atom. The molecule has 0 spiro atoms. The summed E-state index contributed by atoms with van der Waals surface area (Å²) >= 11 is 3.37. The third-order valence-electron chi connectivity index (χ3n) is 4.17. The van der Waals surface area contributed by atoms with E-state index in [1.54, 1.807) is 23.1 Å². The molecule has 0 saturated carbocycles. The van der Waals surface area contributed by atoms with Gasteiger partial charge in [0.1, 0.15) is 5.82 Å². The van der Waals surface area contributed by atoms with E-state index in [1.807, 2.05) is 12.1 Å². The van der Waals surface area contributed by atoms with Crippen LogP contribution >= 0.6 is 23.1 Å². The van der Waals surface area contributed by atoms with Crippen molar-refractivity contribution in [3.8, 4) is 11.4 Å². The standard InChI is InChI=1S/C20H18FN3S2/c1-2-11-24-19(17-13-25-18-6-4-3-5-16(17)18)22-23-20(24)26-12-14-7-9-15(21)10-8-14/h3-10,13H,2,11-12H2,1H3. The summed E-state index contributed by atoms with van der Waals surface area (Å²) in [5, 5.41) is 13.2. The van der Waals surface area contributed by atoms with Crippen molar-refractivity contribution in [1.29, 1.82) is 0 Å². The number of aromatic nitrogens is 3. The first-order valence-corrected chi connectivity index (χ1v) is 10.4. The molecule has 4 rings (SSSR count). The van der Waals surface area contributed by atoms with E-state index in [9.17, 15) is 4.39 Å². The fourth-order valence-electron chi connectivity index (χ4n) is 2.90. The number of hydrogen-bond donors (Lipinski definition) is 0. The second-order valence-electron chi connectivity index (χ2n) is 6.02. The van der Waals surface area contributed by atoms with Gasteiger partial charge in [-0.25, -0.2) is 4.39 Å². The van der Waals surface area contributed by atoms with Gasteiger partial charge in [0.25, 0.3) is 0 Å². The van der Waals surface area contributed by atoms with Gasteiger partial charge in [0.15, 0.2) is 11.0 Å². The van der Waals surface area contributed by atoms with E-state index in [0.717, 1.165) is 40.8 Å². The molecule has 2 aromatic carbocycles. The monoisotopic (exact) mass is 383 g/mol. The largest absolute Gasteiger partial charge is 0.302 e. The van der Waals surface area contributed by atoms with Crippen LogP contribution in [0.5, 0.6) is 0 Å². The highest BCUT2D eigenvalue weighted by Crippen LogP contribution is 2.35. The van der Waals surface area contributed by atoms with Crippen LogP contribution in [0.25, 0.3) is 21.5 Å². The number of halogens is 1. The van der Waals surface area contributed by atoms with Crippen molar-refractivity contribution in [2.24, 2.45) is 0 Å². The molecule has 0 radical (unpaired) electrons. The van der Waals surface area contributed by atoms with Gasteiger partial charge < -0.3 is 4.57 Å². The number of thiophene rings is 1. The Bertz CT molecular complexity index is 1020. The fraction of sp³-hybridized carbons (Fsp3) is 0.200. The first-order valence-electron chi connectivity index (χ1n) is 8.53. The van der Waals surface area contributed by atoms with Crippen LogP contribution in [0.4, 0.5) is 4.39 Å². The molecule has 0 unspecified atom stereocenters. The van der Waals surface area contributed by atoms with Crippen LogP contribution in [-0.2, 0) is 12.3 Å². The highest BCUT2D eigenvalue weighted by Gasteiger charge is 2.17. The molecular formula is C20H18FN3S2. The number of nitrogens with zero attached hydrogens (tertiary/aromatic N) is 3. The lowest BCUT2D eigenvalue weighted by Crippen LogP contribution is -2.01. The van der Waals surface area contributed by atoms with Gasteiger partial charge in [-0.15, -0.1) is 21.5 Å². The van der Waals surface area contributed by atoms with Gasteiger partial charge in [0, 0.05) is 33.3 Å². The lowest BCUT2D eigenvalue weighted by Gasteiger charge is -2.08. The molecule has 6 heteroatoms. The van der Waals surface area contributed by atoms with Gasteiger partial charge in [0.2, 0.25) is 0 Å². The normalized spacial score (nSPS) is 11.3. The summed E-state index contributed by atoms with van der Waals surface area (Å²) in [6, 6.07) is 15.0. The maximum absolute atomic E-state index is 13.1. The van der Waals surface area contributed by atoms with Gasteiger partial charge in [-0.1, -0.05) is 49.0 Å². The summed E-state index contributed by atoms with van der Waals surface area (Å²) in [4.78, 5) is 0. The number of fused-ring (bicyclic) bond motifs is 1. The molecule has 132 valence electrons. The van der Waals surface area contributed by atoms with Gasteiger partial charge >= 0.3 is 0 Å². The van der Waals surface area contributed by atoms with Crippen molar-refractivity contribution in [2.75, 3.05) is 0 Å². The van der Waals surface area contributed by atoms with E-state index < -0.39 is 0 Å². The molecule has 0 N–H and O–H groups in total. The SMILES string of the molecule is CCCn1c(SCc2ccc(F)cc2)nnc1-c1csc2ccccc12. The van der Waals surface area contributed by atoms with E-state index in [-0.39, 0.29) is 5.82 Å². The molecule has 3 nitrogen and oxygen atoms in total. The first-order chi connectivity index (χ1) is 12.8. The summed E-state index contributed by atoms with van der Waals surface area (Å²) in [5.74, 6) is 1.46. The smallest absolute Gasteiger partial charge is 0.191 e. The Kier molecular flexibility index (Phi) is 5.04. The third kappa shape index (κ3) is 3.39. The van der Waals surface area contributed by atoms with Crippen LogP contribution in [0, 0.1) is 5.82 Å². The minimum Gasteiger partial charge on any atom is -0.302 e. The molecular weight excluding hydrogens is 365 g/mol. The number of thioether (sulfide) groups is 1. The molecule has 0 bridgehead atoms. The number of hydrogen-bond acceptors (Lipinski definition) is 4. The highest BCUT2D eigenvalue weighted by molar-refractivity contribution is 7.98. The molecule has 2 heterocycles. The predicted octanol–water partition coefficient (Wildman–Crippen LogP) is 6.00. The van der Waals surface area contributed by atoms with Crippen LogP contribution < -0.4 is 0 Å². The summed E-state index contributed by atoms with van der Waals surface area (Å²) in [6.45, 7) is 3.03. The molecule has 0 fully saturated rings. The van der Waals surface area contributed by atoms with Crippen molar-refractivity contribution < 1.29 is 4.39 Å². The molecule has 0 atom stereocenters. The minimum atomic E-state index is -0.209. The Morgan fingerprint density at radius 1 is 1.08 bits per heavy atom.